The van der Waals surface area contributed by atoms with E-state index in [-0.39, 0.29) is 42.9 Å². The summed E-state index contributed by atoms with van der Waals surface area (Å²) < 4.78 is 40.3. The quantitative estimate of drug-likeness (QED) is 0.550. The largest absolute Gasteiger partial charge is 0.493 e. The zero-order valence-electron chi connectivity index (χ0n) is 19.2. The van der Waals surface area contributed by atoms with Gasteiger partial charge in [-0.15, -0.1) is 0 Å². The van der Waals surface area contributed by atoms with Gasteiger partial charge in [-0.25, -0.2) is 9.80 Å². The van der Waals surface area contributed by atoms with Crippen molar-refractivity contribution >= 4 is 23.4 Å². The molecule has 1 unspecified atom stereocenters. The number of benzene rings is 2. The molecule has 1 N–H and O–H groups in total. The summed E-state index contributed by atoms with van der Waals surface area (Å²) in [6.07, 6.45) is 0.356. The number of ether oxygens (including phenoxy) is 3. The summed E-state index contributed by atoms with van der Waals surface area (Å²) in [4.78, 5) is 24.3. The second-order valence-corrected chi connectivity index (χ2v) is 7.53. The van der Waals surface area contributed by atoms with Gasteiger partial charge in [0.2, 0.25) is 5.91 Å². The standard InChI is InChI=1S/C24H27F2N3O5/c1-4-16-13-21(30)29(14-15-6-9-18(10-7-15)27-24(31)33-5-2)28-22(16)17-8-11-19(32-3)20(12-17)34-23(25)26/h6-12,16,23H,4-5,13-14H2,1-3H3,(H,27,31). The van der Waals surface area contributed by atoms with Crippen molar-refractivity contribution < 1.29 is 32.6 Å². The van der Waals surface area contributed by atoms with Gasteiger partial charge in [-0.2, -0.15) is 13.9 Å². The van der Waals surface area contributed by atoms with E-state index in [4.69, 9.17) is 9.47 Å². The Labute approximate surface area is 196 Å². The van der Waals surface area contributed by atoms with E-state index >= 15 is 0 Å². The van der Waals surface area contributed by atoms with E-state index < -0.39 is 12.7 Å². The molecule has 0 bridgehead atoms. The maximum Gasteiger partial charge on any atom is 0.411 e. The lowest BCUT2D eigenvalue weighted by Gasteiger charge is -2.29. The van der Waals surface area contributed by atoms with Crippen molar-refractivity contribution in [2.75, 3.05) is 19.0 Å². The minimum Gasteiger partial charge on any atom is -0.493 e. The van der Waals surface area contributed by atoms with Crippen molar-refractivity contribution in [3.63, 3.8) is 0 Å². The molecule has 0 spiro atoms. The molecule has 0 saturated carbocycles. The Kier molecular flexibility index (Phi) is 8.39. The maximum atomic E-state index is 12.9. The molecule has 0 radical (unpaired) electrons. The fraction of sp³-hybridized carbons (Fsp3) is 0.375. The van der Waals surface area contributed by atoms with E-state index in [0.29, 0.717) is 23.4 Å². The van der Waals surface area contributed by atoms with Crippen molar-refractivity contribution in [3.8, 4) is 11.5 Å². The van der Waals surface area contributed by atoms with Crippen molar-refractivity contribution in [2.24, 2.45) is 11.0 Å². The number of nitrogens with one attached hydrogen (secondary N) is 1. The predicted octanol–water partition coefficient (Wildman–Crippen LogP) is 5.03. The number of amides is 2. The van der Waals surface area contributed by atoms with Gasteiger partial charge in [-0.05, 0) is 49.2 Å². The van der Waals surface area contributed by atoms with E-state index in [1.165, 1.54) is 18.2 Å². The average Bonchev–Trinajstić information content (AvgIpc) is 2.81. The SMILES string of the molecule is CCOC(=O)Nc1ccc(CN2N=C(c3ccc(OC)c(OC(F)F)c3)C(CC)CC2=O)cc1. The highest BCUT2D eigenvalue weighted by Gasteiger charge is 2.30. The van der Waals surface area contributed by atoms with Crippen LogP contribution in [0.25, 0.3) is 0 Å². The van der Waals surface area contributed by atoms with E-state index in [2.05, 4.69) is 15.2 Å². The van der Waals surface area contributed by atoms with Crippen LogP contribution in [0.1, 0.15) is 37.8 Å². The first-order valence-corrected chi connectivity index (χ1v) is 10.9. The second-order valence-electron chi connectivity index (χ2n) is 7.53. The molecule has 2 amide bonds. The Balaban J connectivity index is 1.84. The van der Waals surface area contributed by atoms with Crippen LogP contribution in [-0.2, 0) is 16.1 Å². The van der Waals surface area contributed by atoms with Gasteiger partial charge >= 0.3 is 12.7 Å². The maximum absolute atomic E-state index is 12.9. The van der Waals surface area contributed by atoms with Gasteiger partial charge in [-0.3, -0.25) is 10.1 Å². The summed E-state index contributed by atoms with van der Waals surface area (Å²) in [6.45, 7) is 1.14. The van der Waals surface area contributed by atoms with Crippen LogP contribution >= 0.6 is 0 Å². The first-order valence-electron chi connectivity index (χ1n) is 10.9. The minimum atomic E-state index is -3.00. The van der Waals surface area contributed by atoms with Crippen molar-refractivity contribution in [1.82, 2.24) is 5.01 Å². The topological polar surface area (TPSA) is 89.5 Å². The molecular weight excluding hydrogens is 448 g/mol. The van der Waals surface area contributed by atoms with Crippen molar-refractivity contribution in [3.05, 3.63) is 53.6 Å². The van der Waals surface area contributed by atoms with Gasteiger partial charge in [0, 0.05) is 23.6 Å². The summed E-state index contributed by atoms with van der Waals surface area (Å²) >= 11 is 0. The average molecular weight is 475 g/mol. The van der Waals surface area contributed by atoms with Gasteiger partial charge in [0.25, 0.3) is 0 Å². The molecule has 0 saturated heterocycles. The molecule has 8 nitrogen and oxygen atoms in total. The Morgan fingerprint density at radius 3 is 2.53 bits per heavy atom. The first kappa shape index (κ1) is 24.9. The van der Waals surface area contributed by atoms with E-state index in [1.54, 1.807) is 43.3 Å². The second kappa shape index (κ2) is 11.4. The number of nitrogens with zero attached hydrogens (tertiary/aromatic N) is 2. The van der Waals surface area contributed by atoms with Crippen LogP contribution in [0, 0.1) is 5.92 Å². The fourth-order valence-corrected chi connectivity index (χ4v) is 3.61. The molecule has 10 heteroatoms. The number of alkyl halides is 2. The van der Waals surface area contributed by atoms with Gasteiger partial charge < -0.3 is 14.2 Å². The molecule has 1 aliphatic rings. The predicted molar refractivity (Wildman–Crippen MR) is 122 cm³/mol. The zero-order valence-corrected chi connectivity index (χ0v) is 19.2. The molecule has 2 aromatic carbocycles. The summed E-state index contributed by atoms with van der Waals surface area (Å²) in [5, 5.41) is 8.55. The monoisotopic (exact) mass is 475 g/mol. The fourth-order valence-electron chi connectivity index (χ4n) is 3.61. The number of methoxy groups -OCH3 is 1. The molecule has 0 aromatic heterocycles. The number of hydrogen-bond donors (Lipinski definition) is 1. The van der Waals surface area contributed by atoms with Crippen LogP contribution in [0.5, 0.6) is 11.5 Å². The lowest BCUT2D eigenvalue weighted by atomic mass is 9.89. The normalized spacial score (nSPS) is 15.7. The zero-order chi connectivity index (χ0) is 24.7. The molecule has 34 heavy (non-hydrogen) atoms. The highest BCUT2D eigenvalue weighted by molar-refractivity contribution is 6.06. The van der Waals surface area contributed by atoms with Crippen molar-refractivity contribution in [2.45, 2.75) is 39.8 Å². The van der Waals surface area contributed by atoms with E-state index in [9.17, 15) is 18.4 Å². The van der Waals surface area contributed by atoms with Crippen LogP contribution in [0.15, 0.2) is 47.6 Å². The molecule has 0 fully saturated rings. The molecule has 182 valence electrons. The highest BCUT2D eigenvalue weighted by Crippen LogP contribution is 2.33. The van der Waals surface area contributed by atoms with Gasteiger partial charge in [0.15, 0.2) is 11.5 Å². The van der Waals surface area contributed by atoms with Crippen LogP contribution in [0.2, 0.25) is 0 Å². The first-order chi connectivity index (χ1) is 16.3. The minimum absolute atomic E-state index is 0.0966. The van der Waals surface area contributed by atoms with Crippen LogP contribution < -0.4 is 14.8 Å². The molecule has 1 heterocycles. The smallest absolute Gasteiger partial charge is 0.411 e. The van der Waals surface area contributed by atoms with Crippen LogP contribution in [-0.4, -0.2) is 43.0 Å². The summed E-state index contributed by atoms with van der Waals surface area (Å²) in [5.41, 5.74) is 2.56. The Morgan fingerprint density at radius 2 is 1.91 bits per heavy atom. The highest BCUT2D eigenvalue weighted by atomic mass is 19.3. The third-order valence-corrected chi connectivity index (χ3v) is 5.30. The molecule has 1 aliphatic heterocycles. The van der Waals surface area contributed by atoms with Crippen LogP contribution in [0.4, 0.5) is 19.3 Å². The van der Waals surface area contributed by atoms with Gasteiger partial charge in [0.1, 0.15) is 0 Å². The number of carbonyl (C=O) groups is 2. The number of halogens is 2. The number of hydrazone groups is 1. The Bertz CT molecular complexity index is 1040. The summed E-state index contributed by atoms with van der Waals surface area (Å²) in [5.74, 6) is -0.215. The number of hydrogen-bond acceptors (Lipinski definition) is 6. The summed E-state index contributed by atoms with van der Waals surface area (Å²) in [7, 11) is 1.37. The van der Waals surface area contributed by atoms with E-state index in [0.717, 1.165) is 5.56 Å². The number of carbonyl (C=O) groups excluding carboxylic acids is 2. The summed E-state index contributed by atoms with van der Waals surface area (Å²) in [6, 6.07) is 11.7. The number of anilines is 1. The Hall–Kier alpha value is -3.69. The van der Waals surface area contributed by atoms with Gasteiger partial charge in [-0.1, -0.05) is 19.1 Å². The number of rotatable bonds is 9. The lowest BCUT2D eigenvalue weighted by Crippen LogP contribution is -2.36. The third-order valence-electron chi connectivity index (χ3n) is 5.30. The molecule has 1 atom stereocenters. The van der Waals surface area contributed by atoms with Gasteiger partial charge in [0.05, 0.1) is 26.0 Å². The van der Waals surface area contributed by atoms with E-state index in [1.807, 2.05) is 6.92 Å². The Morgan fingerprint density at radius 1 is 1.18 bits per heavy atom. The van der Waals surface area contributed by atoms with Crippen molar-refractivity contribution in [1.29, 1.82) is 0 Å². The third kappa shape index (κ3) is 6.21. The molecule has 3 rings (SSSR count). The lowest BCUT2D eigenvalue weighted by molar-refractivity contribution is -0.133. The molecule has 0 aliphatic carbocycles. The van der Waals surface area contributed by atoms with Crippen LogP contribution in [0.3, 0.4) is 0 Å². The molecule has 2 aromatic rings. The molecular formula is C24H27F2N3O5.